The Labute approximate surface area is 130 Å². The molecule has 1 aromatic heterocycles. The van der Waals surface area contributed by atoms with Crippen molar-refractivity contribution in [1.29, 1.82) is 0 Å². The molecule has 0 amide bonds. The molecule has 1 heterocycles. The van der Waals surface area contributed by atoms with Crippen LogP contribution < -0.4 is 10.6 Å². The molecule has 21 heavy (non-hydrogen) atoms. The Morgan fingerprint density at radius 3 is 2.43 bits per heavy atom. The summed E-state index contributed by atoms with van der Waals surface area (Å²) in [4.78, 5) is 9.29. The van der Waals surface area contributed by atoms with Gasteiger partial charge in [0.05, 0.1) is 0 Å². The Balaban J connectivity index is 1.80. The molecular formula is C16H19ClN4. The number of nitrogens with zero attached hydrogens (tertiary/aromatic N) is 2. The molecule has 0 radical (unpaired) electrons. The van der Waals surface area contributed by atoms with Gasteiger partial charge in [-0.1, -0.05) is 23.7 Å². The molecule has 1 aromatic carbocycles. The van der Waals surface area contributed by atoms with E-state index < -0.39 is 0 Å². The monoisotopic (exact) mass is 302 g/mol. The van der Waals surface area contributed by atoms with Crippen LogP contribution in [0.1, 0.15) is 35.7 Å². The lowest BCUT2D eigenvalue weighted by atomic mass is 10.2. The maximum Gasteiger partial charge on any atom is 0.136 e. The number of aromatic nitrogens is 2. The molecule has 2 aromatic rings. The molecule has 1 saturated carbocycles. The third-order valence-electron chi connectivity index (χ3n) is 3.72. The molecule has 1 fully saturated rings. The van der Waals surface area contributed by atoms with E-state index in [1.807, 2.05) is 38.2 Å². The number of halogens is 1. The van der Waals surface area contributed by atoms with Crippen LogP contribution in [0.4, 0.5) is 11.6 Å². The topological polar surface area (TPSA) is 49.8 Å². The van der Waals surface area contributed by atoms with Gasteiger partial charge in [-0.05, 0) is 37.5 Å². The van der Waals surface area contributed by atoms with Crippen LogP contribution in [0.25, 0.3) is 0 Å². The Hall–Kier alpha value is -1.81. The normalized spacial score (nSPS) is 14.0. The summed E-state index contributed by atoms with van der Waals surface area (Å²) in [5, 5.41) is 7.32. The van der Waals surface area contributed by atoms with Gasteiger partial charge in [0.1, 0.15) is 17.5 Å². The van der Waals surface area contributed by atoms with E-state index in [2.05, 4.69) is 20.6 Å². The summed E-state index contributed by atoms with van der Waals surface area (Å²) >= 11 is 5.91. The van der Waals surface area contributed by atoms with E-state index in [4.69, 9.17) is 11.6 Å². The van der Waals surface area contributed by atoms with Gasteiger partial charge < -0.3 is 10.6 Å². The minimum absolute atomic E-state index is 0.536. The van der Waals surface area contributed by atoms with E-state index in [0.717, 1.165) is 34.6 Å². The molecular weight excluding hydrogens is 284 g/mol. The molecule has 4 nitrogen and oxygen atoms in total. The van der Waals surface area contributed by atoms with E-state index >= 15 is 0 Å². The van der Waals surface area contributed by atoms with Gasteiger partial charge in [0.15, 0.2) is 0 Å². The van der Waals surface area contributed by atoms with Gasteiger partial charge in [-0.25, -0.2) is 9.97 Å². The fraction of sp³-hybridized carbons (Fsp3) is 0.375. The first-order valence-electron chi connectivity index (χ1n) is 7.22. The maximum absolute atomic E-state index is 5.91. The van der Waals surface area contributed by atoms with Crippen molar-refractivity contribution in [3.63, 3.8) is 0 Å². The zero-order valence-electron chi connectivity index (χ0n) is 12.3. The summed E-state index contributed by atoms with van der Waals surface area (Å²) in [7, 11) is 1.90. The minimum Gasteiger partial charge on any atom is -0.373 e. The highest BCUT2D eigenvalue weighted by Crippen LogP contribution is 2.39. The fourth-order valence-corrected chi connectivity index (χ4v) is 2.39. The molecule has 1 aliphatic carbocycles. The third kappa shape index (κ3) is 3.27. The highest BCUT2D eigenvalue weighted by molar-refractivity contribution is 6.30. The molecule has 0 saturated heterocycles. The molecule has 0 unspecified atom stereocenters. The van der Waals surface area contributed by atoms with Crippen LogP contribution in [0.2, 0.25) is 5.02 Å². The molecule has 5 heteroatoms. The van der Waals surface area contributed by atoms with Crippen LogP contribution in [-0.4, -0.2) is 17.0 Å². The van der Waals surface area contributed by atoms with Crippen molar-refractivity contribution in [2.75, 3.05) is 17.7 Å². The molecule has 3 rings (SSSR count). The Morgan fingerprint density at radius 1 is 1.14 bits per heavy atom. The van der Waals surface area contributed by atoms with Crippen molar-refractivity contribution >= 4 is 23.2 Å². The zero-order valence-corrected chi connectivity index (χ0v) is 13.0. The van der Waals surface area contributed by atoms with Crippen LogP contribution in [0, 0.1) is 6.92 Å². The largest absolute Gasteiger partial charge is 0.373 e. The average molecular weight is 303 g/mol. The van der Waals surface area contributed by atoms with Gasteiger partial charge in [0.25, 0.3) is 0 Å². The molecule has 110 valence electrons. The van der Waals surface area contributed by atoms with Gasteiger partial charge in [-0.3, -0.25) is 0 Å². The van der Waals surface area contributed by atoms with E-state index in [-0.39, 0.29) is 0 Å². The standard InChI is InChI=1S/C16H19ClN4/c1-10-14(18-2)20-16(12-5-6-12)21-15(10)19-9-11-3-7-13(17)8-4-11/h3-4,7-8,12H,5-6,9H2,1-2H3,(H2,18,19,20,21). The first-order chi connectivity index (χ1) is 10.2. The predicted octanol–water partition coefficient (Wildman–Crippen LogP) is 3.97. The summed E-state index contributed by atoms with van der Waals surface area (Å²) in [5.74, 6) is 3.30. The lowest BCUT2D eigenvalue weighted by molar-refractivity contribution is 0.913. The van der Waals surface area contributed by atoms with Crippen LogP contribution in [0.5, 0.6) is 0 Å². The molecule has 0 spiro atoms. The minimum atomic E-state index is 0.536. The van der Waals surface area contributed by atoms with Gasteiger partial charge in [0.2, 0.25) is 0 Å². The number of nitrogens with one attached hydrogen (secondary N) is 2. The Kier molecular flexibility index (Phi) is 3.97. The summed E-state index contributed by atoms with van der Waals surface area (Å²) in [5.41, 5.74) is 2.23. The van der Waals surface area contributed by atoms with Crippen molar-refractivity contribution in [1.82, 2.24) is 9.97 Å². The number of rotatable bonds is 5. The maximum atomic E-state index is 5.91. The van der Waals surface area contributed by atoms with Crippen LogP contribution in [-0.2, 0) is 6.54 Å². The number of anilines is 2. The second kappa shape index (κ2) is 5.90. The first kappa shape index (κ1) is 14.1. The van der Waals surface area contributed by atoms with Crippen LogP contribution in [0.15, 0.2) is 24.3 Å². The van der Waals surface area contributed by atoms with Crippen molar-refractivity contribution in [2.24, 2.45) is 0 Å². The zero-order chi connectivity index (χ0) is 14.8. The van der Waals surface area contributed by atoms with E-state index in [1.165, 1.54) is 18.4 Å². The number of hydrogen-bond donors (Lipinski definition) is 2. The predicted molar refractivity (Wildman–Crippen MR) is 87.1 cm³/mol. The summed E-state index contributed by atoms with van der Waals surface area (Å²) < 4.78 is 0. The van der Waals surface area contributed by atoms with Crippen LogP contribution in [0.3, 0.4) is 0 Å². The summed E-state index contributed by atoms with van der Waals surface area (Å²) in [6.45, 7) is 2.76. The number of hydrogen-bond acceptors (Lipinski definition) is 4. The summed E-state index contributed by atoms with van der Waals surface area (Å²) in [6, 6.07) is 7.85. The quantitative estimate of drug-likeness (QED) is 0.877. The van der Waals surface area contributed by atoms with Gasteiger partial charge in [0, 0.05) is 30.1 Å². The van der Waals surface area contributed by atoms with Crippen molar-refractivity contribution < 1.29 is 0 Å². The molecule has 0 atom stereocenters. The Bertz CT molecular complexity index is 635. The van der Waals surface area contributed by atoms with Gasteiger partial charge >= 0.3 is 0 Å². The third-order valence-corrected chi connectivity index (χ3v) is 3.97. The van der Waals surface area contributed by atoms with E-state index in [9.17, 15) is 0 Å². The van der Waals surface area contributed by atoms with Crippen LogP contribution >= 0.6 is 11.6 Å². The van der Waals surface area contributed by atoms with Crippen molar-refractivity contribution in [2.45, 2.75) is 32.2 Å². The highest BCUT2D eigenvalue weighted by atomic mass is 35.5. The average Bonchev–Trinajstić information content (AvgIpc) is 3.32. The smallest absolute Gasteiger partial charge is 0.136 e. The first-order valence-corrected chi connectivity index (χ1v) is 7.60. The molecule has 0 aliphatic heterocycles. The van der Waals surface area contributed by atoms with Gasteiger partial charge in [-0.2, -0.15) is 0 Å². The number of benzene rings is 1. The van der Waals surface area contributed by atoms with Crippen molar-refractivity contribution in [3.8, 4) is 0 Å². The Morgan fingerprint density at radius 2 is 1.81 bits per heavy atom. The fourth-order valence-electron chi connectivity index (χ4n) is 2.26. The SMILES string of the molecule is CNc1nc(C2CC2)nc(NCc2ccc(Cl)cc2)c1C. The van der Waals surface area contributed by atoms with Gasteiger partial charge in [-0.15, -0.1) is 0 Å². The lowest BCUT2D eigenvalue weighted by Crippen LogP contribution is -2.09. The lowest BCUT2D eigenvalue weighted by Gasteiger charge is -2.13. The highest BCUT2D eigenvalue weighted by Gasteiger charge is 2.28. The molecule has 2 N–H and O–H groups in total. The van der Waals surface area contributed by atoms with E-state index in [0.29, 0.717) is 5.92 Å². The van der Waals surface area contributed by atoms with Crippen molar-refractivity contribution in [3.05, 3.63) is 46.2 Å². The molecule has 0 bridgehead atoms. The molecule has 1 aliphatic rings. The van der Waals surface area contributed by atoms with E-state index in [1.54, 1.807) is 0 Å². The summed E-state index contributed by atoms with van der Waals surface area (Å²) in [6.07, 6.45) is 2.39. The second-order valence-corrected chi connectivity index (χ2v) is 5.84. The second-order valence-electron chi connectivity index (χ2n) is 5.41.